The number of hydrogen-bond acceptors (Lipinski definition) is 10. The van der Waals surface area contributed by atoms with Crippen molar-refractivity contribution in [3.63, 3.8) is 0 Å². The van der Waals surface area contributed by atoms with Gasteiger partial charge in [0.1, 0.15) is 33.8 Å². The Labute approximate surface area is 295 Å². The van der Waals surface area contributed by atoms with Crippen LogP contribution in [0.1, 0.15) is 30.2 Å². The van der Waals surface area contributed by atoms with Gasteiger partial charge in [-0.2, -0.15) is 0 Å². The van der Waals surface area contributed by atoms with Crippen LogP contribution in [0.5, 0.6) is 11.5 Å². The Morgan fingerprint density at radius 3 is 2.25 bits per heavy atom. The zero-order valence-corrected chi connectivity index (χ0v) is 28.1. The number of furan rings is 1. The summed E-state index contributed by atoms with van der Waals surface area (Å²) in [6.45, 7) is 1.85. The summed E-state index contributed by atoms with van der Waals surface area (Å²) in [5.74, 6) is -2.57. The van der Waals surface area contributed by atoms with E-state index in [4.69, 9.17) is 9.15 Å². The highest BCUT2D eigenvalue weighted by molar-refractivity contribution is 6.10. The van der Waals surface area contributed by atoms with Crippen molar-refractivity contribution in [2.45, 2.75) is 25.2 Å². The molecule has 4 aliphatic carbocycles. The van der Waals surface area contributed by atoms with Crippen molar-refractivity contribution < 1.29 is 24.5 Å². The van der Waals surface area contributed by atoms with E-state index in [1.54, 1.807) is 30.4 Å². The van der Waals surface area contributed by atoms with E-state index in [1.165, 1.54) is 0 Å². The van der Waals surface area contributed by atoms with E-state index in [0.717, 1.165) is 23.9 Å². The van der Waals surface area contributed by atoms with Crippen LogP contribution < -0.4 is 42.4 Å². The van der Waals surface area contributed by atoms with Crippen molar-refractivity contribution in [1.29, 1.82) is 0 Å². The molecule has 2 heterocycles. The van der Waals surface area contributed by atoms with Crippen LogP contribution in [-0.2, 0) is 11.8 Å². The third kappa shape index (κ3) is 4.01. The lowest BCUT2D eigenvalue weighted by molar-refractivity contribution is 0.362. The molecule has 0 amide bonds. The number of phenolic OH excluding ortho intramolecular Hbond substituents is 1. The summed E-state index contributed by atoms with van der Waals surface area (Å²) in [7, 11) is 1.13. The summed E-state index contributed by atoms with van der Waals surface area (Å²) in [5.41, 5.74) is -3.74. The maximum absolute atomic E-state index is 14.0. The molecular weight excluding hydrogens is 678 g/mol. The number of fused-ring (bicyclic) bond motifs is 7. The van der Waals surface area contributed by atoms with Crippen molar-refractivity contribution in [3.8, 4) is 22.6 Å². The molecule has 4 aliphatic rings. The minimum absolute atomic E-state index is 0.0730. The second-order valence-electron chi connectivity index (χ2n) is 13.3. The highest BCUT2D eigenvalue weighted by Crippen LogP contribution is 2.57. The van der Waals surface area contributed by atoms with Crippen LogP contribution in [0.2, 0.25) is 0 Å². The first-order valence-corrected chi connectivity index (χ1v) is 16.8. The van der Waals surface area contributed by atoms with Gasteiger partial charge in [0.15, 0.2) is 11.2 Å². The van der Waals surface area contributed by atoms with Gasteiger partial charge in [-0.25, -0.2) is 0 Å². The molecule has 11 heteroatoms. The Hall–Kier alpha value is -7.01. The lowest BCUT2D eigenvalue weighted by atomic mass is 9.77. The van der Waals surface area contributed by atoms with Crippen molar-refractivity contribution in [3.05, 3.63) is 162 Å². The quantitative estimate of drug-likeness (QED) is 0.197. The zero-order chi connectivity index (χ0) is 37.1. The molecule has 0 saturated heterocycles. The van der Waals surface area contributed by atoms with E-state index in [-0.39, 0.29) is 23.8 Å². The van der Waals surface area contributed by atoms with E-state index in [1.807, 2.05) is 49.4 Å². The fraction of sp³-hybridized carbons (Fsp3) is 0.119. The molecule has 0 radical (unpaired) electrons. The number of rotatable bonds is 4. The number of H-pyrrole nitrogens is 1. The third-order valence-electron chi connectivity index (χ3n) is 10.7. The van der Waals surface area contributed by atoms with E-state index in [2.05, 4.69) is 4.98 Å². The van der Waals surface area contributed by atoms with E-state index >= 15 is 0 Å². The predicted molar refractivity (Wildman–Crippen MR) is 200 cm³/mol. The number of allylic oxidation sites excluding steroid dienone is 3. The number of hydrogen-bond donors (Lipinski definition) is 4. The number of pyridine rings is 1. The van der Waals surface area contributed by atoms with Gasteiger partial charge in [-0.3, -0.25) is 24.0 Å². The van der Waals surface area contributed by atoms with Crippen LogP contribution in [0.25, 0.3) is 61.4 Å². The fourth-order valence-corrected chi connectivity index (χ4v) is 8.44. The summed E-state index contributed by atoms with van der Waals surface area (Å²) in [4.78, 5) is 71.1. The predicted octanol–water partition coefficient (Wildman–Crippen LogP) is 3.67. The van der Waals surface area contributed by atoms with Crippen LogP contribution >= 0.6 is 0 Å². The number of aromatic nitrogens is 1. The number of aliphatic hydroxyl groups is 2. The highest BCUT2D eigenvalue weighted by atomic mass is 16.5. The average Bonchev–Trinajstić information content (AvgIpc) is 3.79. The number of phenols is 1. The maximum atomic E-state index is 14.0. The standard InChI is InChI=1S/C42H27NO10/c1-3-4-5-8-19-16-23-28(18-11-12-26-22(15-18)20-9-6-7-10-25(20)53-26)21-13-14-42(34(21)38(48)29(23)41(51)43-19)39(49)32-33(40(42)50)37(47)31-30(36(32)46)24(44)17-27(52-2)35(31)45/h3-12,15-17,48-50H,13-14H2,1-2H3,(H,43,51)/b4-3+,8-5+. The summed E-state index contributed by atoms with van der Waals surface area (Å²) in [6, 6.07) is 15.6. The molecule has 3 aromatic carbocycles. The van der Waals surface area contributed by atoms with Crippen molar-refractivity contribution >= 4 is 50.3 Å². The second kappa shape index (κ2) is 11.0. The summed E-state index contributed by atoms with van der Waals surface area (Å²) < 4.78 is 11.1. The molecule has 0 bridgehead atoms. The summed E-state index contributed by atoms with van der Waals surface area (Å²) >= 11 is 0. The molecule has 0 saturated carbocycles. The number of benzene rings is 3. The van der Waals surface area contributed by atoms with Gasteiger partial charge in [0.2, 0.25) is 16.3 Å². The number of ether oxygens (including phenoxy) is 1. The highest BCUT2D eigenvalue weighted by Gasteiger charge is 2.54. The maximum Gasteiger partial charge on any atom is 0.260 e. The normalized spacial score (nSPS) is 16.8. The smallest absolute Gasteiger partial charge is 0.260 e. The summed E-state index contributed by atoms with van der Waals surface area (Å²) in [5, 5.41) is 35.4. The Kier molecular flexibility index (Phi) is 6.62. The Morgan fingerprint density at radius 2 is 1.51 bits per heavy atom. The number of aromatic amines is 1. The molecule has 9 rings (SSSR count). The average molecular weight is 706 g/mol. The second-order valence-corrected chi connectivity index (χ2v) is 13.3. The Balaban J connectivity index is 1.45. The van der Waals surface area contributed by atoms with Gasteiger partial charge in [-0.05, 0) is 66.8 Å². The van der Waals surface area contributed by atoms with Crippen LogP contribution in [0.15, 0.2) is 101 Å². The molecule has 4 N–H and O–H groups in total. The monoisotopic (exact) mass is 705 g/mol. The minimum atomic E-state index is -2.07. The van der Waals surface area contributed by atoms with Crippen molar-refractivity contribution in [1.82, 2.24) is 4.98 Å². The number of methoxy groups -OCH3 is 1. The first-order valence-electron chi connectivity index (χ1n) is 16.8. The first-order chi connectivity index (χ1) is 25.5. The molecule has 11 nitrogen and oxygen atoms in total. The van der Waals surface area contributed by atoms with Gasteiger partial charge in [0.05, 0.1) is 33.4 Å². The van der Waals surface area contributed by atoms with Gasteiger partial charge in [0, 0.05) is 33.5 Å². The van der Waals surface area contributed by atoms with E-state index in [9.17, 15) is 39.3 Å². The van der Waals surface area contributed by atoms with Crippen LogP contribution in [0.4, 0.5) is 0 Å². The molecule has 5 aromatic rings. The minimum Gasteiger partial charge on any atom is -0.510 e. The third-order valence-corrected chi connectivity index (χ3v) is 10.7. The topological polar surface area (TPSA) is 184 Å². The first kappa shape index (κ1) is 31.9. The van der Waals surface area contributed by atoms with Gasteiger partial charge >= 0.3 is 0 Å². The van der Waals surface area contributed by atoms with E-state index < -0.39 is 76.6 Å². The molecule has 0 fully saturated rings. The number of nitrogens with one attached hydrogen (secondary N) is 1. The van der Waals surface area contributed by atoms with Crippen LogP contribution in [0.3, 0.4) is 0 Å². The molecular formula is C42H27NO10. The number of aromatic hydroxyl groups is 1. The lowest BCUT2D eigenvalue weighted by Gasteiger charge is -2.28. The summed E-state index contributed by atoms with van der Waals surface area (Å²) in [6.07, 6.45) is 7.04. The Morgan fingerprint density at radius 1 is 0.792 bits per heavy atom. The number of para-hydroxylation sites is 1. The molecule has 1 spiro atoms. The van der Waals surface area contributed by atoms with Gasteiger partial charge in [-0.15, -0.1) is 0 Å². The van der Waals surface area contributed by atoms with Crippen molar-refractivity contribution in [2.75, 3.05) is 7.11 Å². The van der Waals surface area contributed by atoms with Crippen LogP contribution in [0, 0.1) is 10.4 Å². The molecule has 0 aliphatic heterocycles. The van der Waals surface area contributed by atoms with Crippen LogP contribution in [-0.4, -0.2) is 27.4 Å². The lowest BCUT2D eigenvalue weighted by Crippen LogP contribution is -2.51. The molecule has 1 atom stereocenters. The Bertz CT molecular complexity index is 3380. The molecule has 260 valence electrons. The molecule has 1 unspecified atom stereocenters. The van der Waals surface area contributed by atoms with E-state index in [0.29, 0.717) is 38.9 Å². The molecule has 53 heavy (non-hydrogen) atoms. The molecule has 2 aromatic heterocycles. The SMILES string of the molecule is C/C=C/C=C/c1cc2c(-c3ccc4oc5ccccc5c4c3)c3c(c(O)c2c(=O)[nH]1)C1(CC3)C(O)=c2c(=O)c3c(=O)cc(OC)c(=O)c=3c(=O)c2=C1O. The van der Waals surface area contributed by atoms with Gasteiger partial charge < -0.3 is 29.5 Å². The fourth-order valence-electron chi connectivity index (χ4n) is 8.44. The largest absolute Gasteiger partial charge is 0.510 e. The van der Waals surface area contributed by atoms with Gasteiger partial charge in [0.25, 0.3) is 5.56 Å². The zero-order valence-electron chi connectivity index (χ0n) is 28.1. The van der Waals surface area contributed by atoms with Crippen molar-refractivity contribution in [2.24, 2.45) is 0 Å². The van der Waals surface area contributed by atoms with Gasteiger partial charge in [-0.1, -0.05) is 42.5 Å². The number of aliphatic hydroxyl groups excluding tert-OH is 2.